The van der Waals surface area contributed by atoms with Crippen LogP contribution in [0.5, 0.6) is 5.75 Å². The van der Waals surface area contributed by atoms with Gasteiger partial charge in [-0.3, -0.25) is 5.41 Å². The number of amides is 1. The van der Waals surface area contributed by atoms with Crippen LogP contribution in [0.2, 0.25) is 0 Å². The van der Waals surface area contributed by atoms with Gasteiger partial charge in [-0.25, -0.2) is 9.31 Å². The Hall–Kier alpha value is -3.75. The summed E-state index contributed by atoms with van der Waals surface area (Å²) < 4.78 is 12.5. The van der Waals surface area contributed by atoms with Crippen LogP contribution in [0.3, 0.4) is 0 Å². The number of nitrogens with two attached hydrogens (primary N) is 1. The van der Waals surface area contributed by atoms with Crippen LogP contribution in [0.25, 0.3) is 16.6 Å². The van der Waals surface area contributed by atoms with E-state index in [1.807, 2.05) is 52.1 Å². The van der Waals surface area contributed by atoms with Crippen LogP contribution >= 0.6 is 0 Å². The van der Waals surface area contributed by atoms with E-state index in [2.05, 4.69) is 21.8 Å². The number of carbonyl (C=O) groups excluding carboxylic acids is 1. The zero-order valence-corrected chi connectivity index (χ0v) is 20.9. The number of nitrogens with one attached hydrogen (secondary N) is 3. The third-order valence-electron chi connectivity index (χ3n) is 6.17. The summed E-state index contributed by atoms with van der Waals surface area (Å²) in [6.07, 6.45) is 5.65. The number of aromatic nitrogens is 2. The first-order valence-electron chi connectivity index (χ1n) is 11.8. The van der Waals surface area contributed by atoms with Gasteiger partial charge in [-0.1, -0.05) is 6.07 Å². The molecular weight excluding hydrogens is 444 g/mol. The Morgan fingerprint density at radius 2 is 1.97 bits per heavy atom. The molecule has 1 aliphatic carbocycles. The van der Waals surface area contributed by atoms with Crippen molar-refractivity contribution >= 4 is 23.1 Å². The van der Waals surface area contributed by atoms with Gasteiger partial charge in [0.05, 0.1) is 30.1 Å². The van der Waals surface area contributed by atoms with Crippen molar-refractivity contribution in [2.45, 2.75) is 64.6 Å². The molecule has 5 N–H and O–H groups in total. The lowest BCUT2D eigenvalue weighted by Crippen LogP contribution is -2.38. The van der Waals surface area contributed by atoms with Crippen LogP contribution in [-0.4, -0.2) is 46.3 Å². The number of amidine groups is 1. The van der Waals surface area contributed by atoms with E-state index in [1.54, 1.807) is 17.8 Å². The van der Waals surface area contributed by atoms with Crippen molar-refractivity contribution in [3.8, 4) is 16.9 Å². The molecule has 1 fully saturated rings. The zero-order chi connectivity index (χ0) is 25.3. The van der Waals surface area contributed by atoms with Gasteiger partial charge in [-0.05, 0) is 76.3 Å². The number of aryl methyl sites for hydroxylation is 1. The summed E-state index contributed by atoms with van der Waals surface area (Å²) in [5.74, 6) is 0.762. The molecule has 2 heterocycles. The molecule has 0 unspecified atom stereocenters. The summed E-state index contributed by atoms with van der Waals surface area (Å²) in [7, 11) is 1.66. The maximum Gasteiger partial charge on any atom is 0.407 e. The molecule has 9 heteroatoms. The molecule has 0 aliphatic heterocycles. The second-order valence-corrected chi connectivity index (χ2v) is 10.1. The van der Waals surface area contributed by atoms with Crippen LogP contribution < -0.4 is 21.1 Å². The van der Waals surface area contributed by atoms with E-state index in [0.29, 0.717) is 5.56 Å². The van der Waals surface area contributed by atoms with Crippen LogP contribution in [0.1, 0.15) is 51.2 Å². The molecular formula is C26H34N6O3. The number of hydrogen-bond donors (Lipinski definition) is 4. The van der Waals surface area contributed by atoms with Crippen molar-refractivity contribution < 1.29 is 14.3 Å². The number of carbonyl (C=O) groups is 1. The smallest absolute Gasteiger partial charge is 0.407 e. The van der Waals surface area contributed by atoms with Crippen molar-refractivity contribution in [1.29, 1.82) is 5.41 Å². The first kappa shape index (κ1) is 24.4. The van der Waals surface area contributed by atoms with Crippen LogP contribution in [-0.2, 0) is 4.74 Å². The lowest BCUT2D eigenvalue weighted by atomic mass is 10.0. The summed E-state index contributed by atoms with van der Waals surface area (Å²) in [5.41, 5.74) is 10.7. The summed E-state index contributed by atoms with van der Waals surface area (Å²) in [4.78, 5) is 12.2. The van der Waals surface area contributed by atoms with Crippen molar-refractivity contribution in [2.75, 3.05) is 12.4 Å². The van der Waals surface area contributed by atoms with Gasteiger partial charge in [-0.15, -0.1) is 0 Å². The molecule has 186 valence electrons. The summed E-state index contributed by atoms with van der Waals surface area (Å²) in [6, 6.07) is 8.16. The Balaban J connectivity index is 1.59. The molecule has 1 saturated carbocycles. The Morgan fingerprint density at radius 1 is 1.23 bits per heavy atom. The van der Waals surface area contributed by atoms with E-state index in [9.17, 15) is 4.79 Å². The third kappa shape index (κ3) is 5.50. The van der Waals surface area contributed by atoms with Crippen molar-refractivity contribution in [3.63, 3.8) is 0 Å². The normalized spacial score (nSPS) is 17.9. The zero-order valence-electron chi connectivity index (χ0n) is 20.9. The third-order valence-corrected chi connectivity index (χ3v) is 6.17. The number of anilines is 1. The molecule has 0 bridgehead atoms. The van der Waals surface area contributed by atoms with Crippen molar-refractivity contribution in [2.24, 2.45) is 5.73 Å². The molecule has 0 radical (unpaired) electrons. The lowest BCUT2D eigenvalue weighted by Gasteiger charge is -2.22. The number of methoxy groups -OCH3 is 1. The highest BCUT2D eigenvalue weighted by Gasteiger charge is 2.29. The number of hydrogen-bond acceptors (Lipinski definition) is 6. The second-order valence-electron chi connectivity index (χ2n) is 10.1. The molecule has 2 atom stereocenters. The maximum atomic E-state index is 12.2. The van der Waals surface area contributed by atoms with Gasteiger partial charge in [0.15, 0.2) is 0 Å². The molecule has 4 rings (SSSR count). The van der Waals surface area contributed by atoms with Gasteiger partial charge in [-0.2, -0.15) is 5.10 Å². The van der Waals surface area contributed by atoms with Crippen molar-refractivity contribution in [1.82, 2.24) is 14.9 Å². The van der Waals surface area contributed by atoms with Crippen LogP contribution in [0, 0.1) is 12.3 Å². The van der Waals surface area contributed by atoms with Gasteiger partial charge in [0.25, 0.3) is 0 Å². The van der Waals surface area contributed by atoms with E-state index in [4.69, 9.17) is 20.6 Å². The summed E-state index contributed by atoms with van der Waals surface area (Å²) >= 11 is 0. The standard InChI is InChI=1S/C26H34N6O3/c1-15-10-19(34-5)8-9-20(15)16-11-22-23(21(24(27)28)13-29-32(22)14-16)30-17-6-7-18(12-17)31-25(33)35-26(2,3)4/h8-11,13-14,17-18,30H,6-7,12H2,1-5H3,(H3,27,28)(H,31,33)/t17-,18+/m1/s1. The quantitative estimate of drug-likeness (QED) is 0.306. The maximum absolute atomic E-state index is 12.2. The van der Waals surface area contributed by atoms with Gasteiger partial charge in [0.2, 0.25) is 0 Å². The summed E-state index contributed by atoms with van der Waals surface area (Å²) in [6.45, 7) is 7.60. The molecule has 0 spiro atoms. The van der Waals surface area contributed by atoms with Gasteiger partial charge in [0.1, 0.15) is 17.2 Å². The monoisotopic (exact) mass is 478 g/mol. The van der Waals surface area contributed by atoms with Crippen LogP contribution in [0.15, 0.2) is 36.7 Å². The number of nitrogen functional groups attached to an aromatic ring is 1. The van der Waals surface area contributed by atoms with E-state index in [-0.39, 0.29) is 17.9 Å². The Morgan fingerprint density at radius 3 is 2.63 bits per heavy atom. The minimum Gasteiger partial charge on any atom is -0.497 e. The highest BCUT2D eigenvalue weighted by Crippen LogP contribution is 2.33. The SMILES string of the molecule is COc1ccc(-c2cc3c(N[C@@H]4CC[C@H](NC(=O)OC(C)(C)C)C4)c(C(=N)N)cnn3c2)c(C)c1. The highest BCUT2D eigenvalue weighted by molar-refractivity contribution is 6.03. The lowest BCUT2D eigenvalue weighted by molar-refractivity contribution is 0.0505. The molecule has 0 saturated heterocycles. The molecule has 9 nitrogen and oxygen atoms in total. The minimum atomic E-state index is -0.533. The largest absolute Gasteiger partial charge is 0.497 e. The number of nitrogens with zero attached hydrogens (tertiary/aromatic N) is 2. The van der Waals surface area contributed by atoms with E-state index in [1.165, 1.54) is 0 Å². The Labute approximate surface area is 205 Å². The van der Waals surface area contributed by atoms with E-state index >= 15 is 0 Å². The highest BCUT2D eigenvalue weighted by atomic mass is 16.6. The average Bonchev–Trinajstić information content (AvgIpc) is 3.39. The predicted octanol–water partition coefficient (Wildman–Crippen LogP) is 4.46. The van der Waals surface area contributed by atoms with Crippen LogP contribution in [0.4, 0.5) is 10.5 Å². The fraction of sp³-hybridized carbons (Fsp3) is 0.423. The molecule has 1 aromatic carbocycles. The minimum absolute atomic E-state index is 0.0188. The molecule has 1 aliphatic rings. The number of fused-ring (bicyclic) bond motifs is 1. The van der Waals surface area contributed by atoms with E-state index < -0.39 is 11.7 Å². The second kappa shape index (κ2) is 9.48. The average molecular weight is 479 g/mol. The Bertz CT molecular complexity index is 1260. The fourth-order valence-electron chi connectivity index (χ4n) is 4.57. The number of benzene rings is 1. The van der Waals surface area contributed by atoms with Gasteiger partial charge < -0.3 is 25.8 Å². The molecule has 2 aromatic heterocycles. The van der Waals surface area contributed by atoms with Gasteiger partial charge in [0, 0.05) is 23.8 Å². The first-order valence-corrected chi connectivity index (χ1v) is 11.8. The molecule has 3 aromatic rings. The van der Waals surface area contributed by atoms with Crippen molar-refractivity contribution in [3.05, 3.63) is 47.8 Å². The number of rotatable bonds is 6. The number of alkyl carbamates (subject to hydrolysis) is 1. The van der Waals surface area contributed by atoms with E-state index in [0.717, 1.165) is 52.9 Å². The number of ether oxygens (including phenoxy) is 2. The van der Waals surface area contributed by atoms with Gasteiger partial charge >= 0.3 is 6.09 Å². The molecule has 1 amide bonds. The topological polar surface area (TPSA) is 127 Å². The first-order chi connectivity index (χ1) is 16.5. The predicted molar refractivity (Wildman–Crippen MR) is 137 cm³/mol. The Kier molecular flexibility index (Phi) is 6.60. The fourth-order valence-corrected chi connectivity index (χ4v) is 4.57. The molecule has 35 heavy (non-hydrogen) atoms. The summed E-state index contributed by atoms with van der Waals surface area (Å²) in [5, 5.41) is 19.1.